The molecule has 1 amide bonds. The number of thiazole rings is 1. The Morgan fingerprint density at radius 1 is 1.39 bits per heavy atom. The van der Waals surface area contributed by atoms with Crippen molar-refractivity contribution in [2.24, 2.45) is 0 Å². The molecule has 2 aromatic rings. The summed E-state index contributed by atoms with van der Waals surface area (Å²) < 4.78 is 5.29. The van der Waals surface area contributed by atoms with Gasteiger partial charge in [-0.3, -0.25) is 4.79 Å². The van der Waals surface area contributed by atoms with Gasteiger partial charge in [0.05, 0.1) is 16.6 Å². The maximum Gasteiger partial charge on any atom is 0.265 e. The smallest absolute Gasteiger partial charge is 0.265 e. The van der Waals surface area contributed by atoms with Gasteiger partial charge in [0.15, 0.2) is 5.82 Å². The van der Waals surface area contributed by atoms with E-state index in [0.29, 0.717) is 18.3 Å². The number of nitrogens with zero attached hydrogens (tertiary/aromatic N) is 4. The fraction of sp³-hybridized carbons (Fsp3) is 0.625. The van der Waals surface area contributed by atoms with E-state index in [9.17, 15) is 4.79 Å². The Balaban J connectivity index is 1.74. The van der Waals surface area contributed by atoms with Crippen molar-refractivity contribution in [2.45, 2.75) is 52.4 Å². The highest BCUT2D eigenvalue weighted by atomic mass is 32.1. The molecule has 0 N–H and O–H groups in total. The van der Waals surface area contributed by atoms with Crippen molar-refractivity contribution < 1.29 is 9.32 Å². The minimum atomic E-state index is 0.0864. The molecular formula is C16H22N4O2S. The van der Waals surface area contributed by atoms with Crippen LogP contribution in [-0.2, 0) is 6.42 Å². The lowest BCUT2D eigenvalue weighted by molar-refractivity contribution is 0.0699. The largest absolute Gasteiger partial charge is 0.339 e. The van der Waals surface area contributed by atoms with Crippen molar-refractivity contribution in [2.75, 3.05) is 13.1 Å². The average Bonchev–Trinajstić information content (AvgIpc) is 3.13. The van der Waals surface area contributed by atoms with E-state index in [1.165, 1.54) is 11.3 Å². The minimum absolute atomic E-state index is 0.0864. The molecule has 1 atom stereocenters. The number of aryl methyl sites for hydroxylation is 3. The average molecular weight is 334 g/mol. The van der Waals surface area contributed by atoms with Gasteiger partial charge in [-0.2, -0.15) is 4.98 Å². The number of piperidine rings is 1. The van der Waals surface area contributed by atoms with Gasteiger partial charge in [0.2, 0.25) is 5.89 Å². The Morgan fingerprint density at radius 2 is 2.22 bits per heavy atom. The normalized spacial score (nSPS) is 18.4. The van der Waals surface area contributed by atoms with E-state index in [-0.39, 0.29) is 11.8 Å². The van der Waals surface area contributed by atoms with Gasteiger partial charge in [-0.05, 0) is 39.5 Å². The van der Waals surface area contributed by atoms with Crippen molar-refractivity contribution >= 4 is 17.2 Å². The van der Waals surface area contributed by atoms with E-state index in [2.05, 4.69) is 22.0 Å². The minimum Gasteiger partial charge on any atom is -0.339 e. The number of carbonyl (C=O) groups excluding carboxylic acids is 1. The van der Waals surface area contributed by atoms with Gasteiger partial charge >= 0.3 is 0 Å². The van der Waals surface area contributed by atoms with Gasteiger partial charge in [0, 0.05) is 13.1 Å². The topological polar surface area (TPSA) is 72.1 Å². The molecule has 0 bridgehead atoms. The number of amides is 1. The molecule has 23 heavy (non-hydrogen) atoms. The summed E-state index contributed by atoms with van der Waals surface area (Å²) in [5.74, 6) is 1.51. The summed E-state index contributed by atoms with van der Waals surface area (Å²) in [5, 5.41) is 4.91. The molecule has 3 rings (SSSR count). The molecular weight excluding hydrogens is 312 g/mol. The number of hydrogen-bond acceptors (Lipinski definition) is 6. The van der Waals surface area contributed by atoms with Crippen LogP contribution in [0.4, 0.5) is 0 Å². The fourth-order valence-corrected chi connectivity index (χ4v) is 4.09. The molecule has 1 aliphatic heterocycles. The first-order valence-electron chi connectivity index (χ1n) is 8.14. The number of rotatable bonds is 4. The molecule has 124 valence electrons. The Kier molecular flexibility index (Phi) is 4.75. The third-order valence-electron chi connectivity index (χ3n) is 4.10. The predicted octanol–water partition coefficient (Wildman–Crippen LogP) is 3.12. The molecule has 6 nitrogen and oxygen atoms in total. The Hall–Kier alpha value is -1.76. The fourth-order valence-electron chi connectivity index (χ4n) is 2.96. The zero-order valence-corrected chi connectivity index (χ0v) is 14.7. The van der Waals surface area contributed by atoms with Crippen LogP contribution < -0.4 is 0 Å². The highest BCUT2D eigenvalue weighted by Crippen LogP contribution is 2.28. The van der Waals surface area contributed by atoms with E-state index in [4.69, 9.17) is 4.52 Å². The molecule has 0 saturated carbocycles. The lowest BCUT2D eigenvalue weighted by atomic mass is 9.98. The van der Waals surface area contributed by atoms with Crippen LogP contribution >= 0.6 is 11.3 Å². The van der Waals surface area contributed by atoms with E-state index < -0.39 is 0 Å². The van der Waals surface area contributed by atoms with Crippen molar-refractivity contribution in [3.05, 3.63) is 27.3 Å². The van der Waals surface area contributed by atoms with Gasteiger partial charge < -0.3 is 9.42 Å². The van der Waals surface area contributed by atoms with Crippen LogP contribution in [0.2, 0.25) is 0 Å². The van der Waals surface area contributed by atoms with Gasteiger partial charge in [-0.15, -0.1) is 11.3 Å². The monoisotopic (exact) mass is 334 g/mol. The summed E-state index contributed by atoms with van der Waals surface area (Å²) in [5.41, 5.74) is 0.846. The Bertz CT molecular complexity index is 694. The summed E-state index contributed by atoms with van der Waals surface area (Å²) in [6.07, 6.45) is 3.91. The summed E-state index contributed by atoms with van der Waals surface area (Å²) in [6, 6.07) is 0. The van der Waals surface area contributed by atoms with Crippen LogP contribution in [0, 0.1) is 13.8 Å². The quantitative estimate of drug-likeness (QED) is 0.859. The van der Waals surface area contributed by atoms with Crippen LogP contribution in [-0.4, -0.2) is 39.0 Å². The molecule has 1 aliphatic rings. The van der Waals surface area contributed by atoms with Gasteiger partial charge in [0.1, 0.15) is 4.88 Å². The molecule has 0 unspecified atom stereocenters. The van der Waals surface area contributed by atoms with Gasteiger partial charge in [0.25, 0.3) is 5.91 Å². The van der Waals surface area contributed by atoms with Crippen LogP contribution in [0.1, 0.15) is 64.2 Å². The highest BCUT2D eigenvalue weighted by Gasteiger charge is 2.30. The van der Waals surface area contributed by atoms with E-state index in [1.54, 1.807) is 0 Å². The first-order chi connectivity index (χ1) is 11.1. The van der Waals surface area contributed by atoms with Crippen LogP contribution in [0.25, 0.3) is 0 Å². The number of aromatic nitrogens is 3. The second kappa shape index (κ2) is 6.78. The van der Waals surface area contributed by atoms with Crippen molar-refractivity contribution in [1.82, 2.24) is 20.0 Å². The summed E-state index contributed by atoms with van der Waals surface area (Å²) in [6.45, 7) is 7.28. The lowest BCUT2D eigenvalue weighted by Gasteiger charge is -2.30. The van der Waals surface area contributed by atoms with Crippen LogP contribution in [0.15, 0.2) is 4.52 Å². The second-order valence-corrected chi connectivity index (χ2v) is 7.13. The SMILES string of the molecule is CCCc1nc(C)c(C(=O)N2CCC[C@H](c3nc(C)no3)C2)s1. The van der Waals surface area contributed by atoms with E-state index in [0.717, 1.165) is 47.8 Å². The predicted molar refractivity (Wildman–Crippen MR) is 87.8 cm³/mol. The number of hydrogen-bond donors (Lipinski definition) is 0. The lowest BCUT2D eigenvalue weighted by Crippen LogP contribution is -2.39. The van der Waals surface area contributed by atoms with Crippen molar-refractivity contribution in [3.8, 4) is 0 Å². The molecule has 0 aromatic carbocycles. The summed E-state index contributed by atoms with van der Waals surface area (Å²) in [7, 11) is 0. The maximum absolute atomic E-state index is 12.8. The Morgan fingerprint density at radius 3 is 2.91 bits per heavy atom. The van der Waals surface area contributed by atoms with Crippen LogP contribution in [0.5, 0.6) is 0 Å². The molecule has 1 fully saturated rings. The zero-order valence-electron chi connectivity index (χ0n) is 13.8. The summed E-state index contributed by atoms with van der Waals surface area (Å²) in [4.78, 5) is 24.4. The molecule has 2 aromatic heterocycles. The first kappa shape index (κ1) is 16.1. The standard InChI is InChI=1S/C16H22N4O2S/c1-4-6-13-17-10(2)14(23-13)16(21)20-8-5-7-12(9-20)15-18-11(3)19-22-15/h12H,4-9H2,1-3H3/t12-/m0/s1. The summed E-state index contributed by atoms with van der Waals surface area (Å²) >= 11 is 1.53. The molecule has 0 spiro atoms. The zero-order chi connectivity index (χ0) is 16.4. The van der Waals surface area contributed by atoms with E-state index >= 15 is 0 Å². The molecule has 1 saturated heterocycles. The van der Waals surface area contributed by atoms with Gasteiger partial charge in [-0.25, -0.2) is 4.98 Å². The molecule has 0 radical (unpaired) electrons. The second-order valence-electron chi connectivity index (χ2n) is 6.04. The Labute approximate surface area is 139 Å². The third kappa shape index (κ3) is 3.44. The number of likely N-dealkylation sites (tertiary alicyclic amines) is 1. The van der Waals surface area contributed by atoms with Crippen molar-refractivity contribution in [3.63, 3.8) is 0 Å². The molecule has 7 heteroatoms. The highest BCUT2D eigenvalue weighted by molar-refractivity contribution is 7.13. The first-order valence-corrected chi connectivity index (χ1v) is 8.96. The molecule has 3 heterocycles. The van der Waals surface area contributed by atoms with E-state index in [1.807, 2.05) is 18.7 Å². The van der Waals surface area contributed by atoms with Crippen molar-refractivity contribution in [1.29, 1.82) is 0 Å². The number of carbonyl (C=O) groups is 1. The van der Waals surface area contributed by atoms with Crippen LogP contribution in [0.3, 0.4) is 0 Å². The van der Waals surface area contributed by atoms with Gasteiger partial charge in [-0.1, -0.05) is 12.1 Å². The maximum atomic E-state index is 12.8. The third-order valence-corrected chi connectivity index (χ3v) is 5.31. The molecule has 0 aliphatic carbocycles.